The van der Waals surface area contributed by atoms with Gasteiger partial charge in [-0.25, -0.2) is 4.39 Å². The lowest BCUT2D eigenvalue weighted by Gasteiger charge is -2.19. The van der Waals surface area contributed by atoms with Gasteiger partial charge in [0.05, 0.1) is 6.04 Å². The highest BCUT2D eigenvalue weighted by Crippen LogP contribution is 2.25. The second-order valence-electron chi connectivity index (χ2n) is 5.15. The van der Waals surface area contributed by atoms with Gasteiger partial charge in [-0.1, -0.05) is 28.1 Å². The highest BCUT2D eigenvalue weighted by atomic mass is 79.9. The maximum atomic E-state index is 13.4. The van der Waals surface area contributed by atoms with E-state index in [1.54, 1.807) is 6.07 Å². The molecule has 0 aliphatic rings. The van der Waals surface area contributed by atoms with Gasteiger partial charge in [-0.15, -0.1) is 0 Å². The molecule has 1 atom stereocenters. The molecular weight excluding hydrogens is 333 g/mol. The molecule has 0 bridgehead atoms. The second kappa shape index (κ2) is 7.02. The summed E-state index contributed by atoms with van der Waals surface area (Å²) in [6.07, 6.45) is 0.607. The molecule has 3 N–H and O–H groups in total. The normalized spacial score (nSPS) is 12.2. The van der Waals surface area contributed by atoms with E-state index in [2.05, 4.69) is 21.4 Å². The van der Waals surface area contributed by atoms with Crippen LogP contribution in [0.5, 0.6) is 0 Å². The van der Waals surface area contributed by atoms with Crippen LogP contribution in [0.3, 0.4) is 0 Å². The van der Waals surface area contributed by atoms with Gasteiger partial charge in [0.15, 0.2) is 0 Å². The Hall–Kier alpha value is -1.43. The Morgan fingerprint density at radius 1 is 1.19 bits per heavy atom. The van der Waals surface area contributed by atoms with Crippen molar-refractivity contribution in [3.8, 4) is 0 Å². The molecule has 0 fully saturated rings. The van der Waals surface area contributed by atoms with Gasteiger partial charge < -0.3 is 4.90 Å². The maximum Gasteiger partial charge on any atom is 0.123 e. The zero-order chi connectivity index (χ0) is 15.4. The lowest BCUT2D eigenvalue weighted by Crippen LogP contribution is -2.29. The first-order chi connectivity index (χ1) is 10.0. The molecule has 0 aliphatic heterocycles. The summed E-state index contributed by atoms with van der Waals surface area (Å²) in [5.41, 5.74) is 5.88. The van der Waals surface area contributed by atoms with Crippen molar-refractivity contribution in [2.75, 3.05) is 19.0 Å². The molecule has 3 nitrogen and oxygen atoms in total. The molecule has 0 heterocycles. The van der Waals surface area contributed by atoms with Crippen molar-refractivity contribution in [2.24, 2.45) is 5.84 Å². The van der Waals surface area contributed by atoms with Crippen LogP contribution in [0.15, 0.2) is 46.9 Å². The number of nitrogens with one attached hydrogen (secondary N) is 1. The van der Waals surface area contributed by atoms with Gasteiger partial charge in [0, 0.05) is 24.3 Å². The Labute approximate surface area is 133 Å². The summed E-state index contributed by atoms with van der Waals surface area (Å²) in [7, 11) is 4.00. The number of anilines is 1. The molecule has 2 aromatic rings. The highest BCUT2D eigenvalue weighted by molar-refractivity contribution is 9.10. The SMILES string of the molecule is CN(C)c1ccc(C(Cc2cc(F)ccc2Br)NN)cc1. The van der Waals surface area contributed by atoms with Crippen molar-refractivity contribution in [3.05, 3.63) is 63.9 Å². The Morgan fingerprint density at radius 3 is 2.43 bits per heavy atom. The van der Waals surface area contributed by atoms with Gasteiger partial charge in [0.1, 0.15) is 5.82 Å². The van der Waals surface area contributed by atoms with E-state index in [-0.39, 0.29) is 11.9 Å². The van der Waals surface area contributed by atoms with Crippen LogP contribution in [0.4, 0.5) is 10.1 Å². The highest BCUT2D eigenvalue weighted by Gasteiger charge is 2.13. The number of halogens is 2. The number of benzene rings is 2. The van der Waals surface area contributed by atoms with Gasteiger partial charge >= 0.3 is 0 Å². The minimum Gasteiger partial charge on any atom is -0.378 e. The van der Waals surface area contributed by atoms with Crippen LogP contribution >= 0.6 is 15.9 Å². The van der Waals surface area contributed by atoms with Gasteiger partial charge in [0.2, 0.25) is 0 Å². The monoisotopic (exact) mass is 351 g/mol. The Morgan fingerprint density at radius 2 is 1.86 bits per heavy atom. The zero-order valence-corrected chi connectivity index (χ0v) is 13.7. The fraction of sp³-hybridized carbons (Fsp3) is 0.250. The summed E-state index contributed by atoms with van der Waals surface area (Å²) in [4.78, 5) is 2.04. The summed E-state index contributed by atoms with van der Waals surface area (Å²) < 4.78 is 14.3. The number of nitrogens with two attached hydrogens (primary N) is 1. The summed E-state index contributed by atoms with van der Waals surface area (Å²) in [5.74, 6) is 5.43. The molecule has 0 saturated heterocycles. The third-order valence-corrected chi connectivity index (χ3v) is 4.22. The van der Waals surface area contributed by atoms with Crippen molar-refractivity contribution in [1.29, 1.82) is 0 Å². The van der Waals surface area contributed by atoms with Crippen LogP contribution < -0.4 is 16.2 Å². The Bertz CT molecular complexity index is 599. The van der Waals surface area contributed by atoms with Crippen molar-refractivity contribution >= 4 is 21.6 Å². The molecule has 0 radical (unpaired) electrons. The molecule has 21 heavy (non-hydrogen) atoms. The van der Waals surface area contributed by atoms with Gasteiger partial charge in [-0.05, 0) is 47.9 Å². The third-order valence-electron chi connectivity index (χ3n) is 3.44. The van der Waals surface area contributed by atoms with Crippen LogP contribution in [0.1, 0.15) is 17.2 Å². The minimum atomic E-state index is -0.244. The van der Waals surface area contributed by atoms with Crippen LogP contribution in [0.2, 0.25) is 0 Å². The van der Waals surface area contributed by atoms with Crippen molar-refractivity contribution in [2.45, 2.75) is 12.5 Å². The summed E-state index contributed by atoms with van der Waals surface area (Å²) >= 11 is 3.45. The predicted molar refractivity (Wildman–Crippen MR) is 88.6 cm³/mol. The van der Waals surface area contributed by atoms with E-state index in [4.69, 9.17) is 5.84 Å². The topological polar surface area (TPSA) is 41.3 Å². The average molecular weight is 352 g/mol. The molecule has 112 valence electrons. The summed E-state index contributed by atoms with van der Waals surface area (Å²) in [5, 5.41) is 0. The number of nitrogens with zero attached hydrogens (tertiary/aromatic N) is 1. The molecule has 0 saturated carbocycles. The van der Waals surface area contributed by atoms with E-state index < -0.39 is 0 Å². The molecule has 1 unspecified atom stereocenters. The smallest absolute Gasteiger partial charge is 0.123 e. The Balaban J connectivity index is 2.21. The number of rotatable bonds is 5. The quantitative estimate of drug-likeness (QED) is 0.640. The largest absolute Gasteiger partial charge is 0.378 e. The van der Waals surface area contributed by atoms with Crippen molar-refractivity contribution < 1.29 is 4.39 Å². The molecule has 0 amide bonds. The standard InChI is InChI=1S/C16H19BrFN3/c1-21(2)14-6-3-11(4-7-14)16(20-19)10-12-9-13(18)5-8-15(12)17/h3-9,16,20H,10,19H2,1-2H3. The number of hydrogen-bond acceptors (Lipinski definition) is 3. The average Bonchev–Trinajstić information content (AvgIpc) is 2.48. The first-order valence-corrected chi connectivity index (χ1v) is 7.48. The van der Waals surface area contributed by atoms with Gasteiger partial charge in [0.25, 0.3) is 0 Å². The van der Waals surface area contributed by atoms with Crippen LogP contribution in [-0.4, -0.2) is 14.1 Å². The first-order valence-electron chi connectivity index (χ1n) is 6.68. The second-order valence-corrected chi connectivity index (χ2v) is 6.00. The van der Waals surface area contributed by atoms with Crippen LogP contribution in [0, 0.1) is 5.82 Å². The first kappa shape index (κ1) is 15.9. The lowest BCUT2D eigenvalue weighted by molar-refractivity contribution is 0.547. The Kier molecular flexibility index (Phi) is 5.33. The zero-order valence-electron chi connectivity index (χ0n) is 12.1. The molecule has 2 rings (SSSR count). The number of hydrogen-bond donors (Lipinski definition) is 2. The fourth-order valence-corrected chi connectivity index (χ4v) is 2.61. The van der Waals surface area contributed by atoms with E-state index in [0.29, 0.717) is 6.42 Å². The molecule has 2 aromatic carbocycles. The lowest BCUT2D eigenvalue weighted by atomic mass is 9.99. The van der Waals surface area contributed by atoms with E-state index in [1.807, 2.05) is 43.3 Å². The molecular formula is C16H19BrFN3. The van der Waals surface area contributed by atoms with E-state index in [1.165, 1.54) is 12.1 Å². The maximum absolute atomic E-state index is 13.4. The molecule has 0 spiro atoms. The third kappa shape index (κ3) is 4.03. The predicted octanol–water partition coefficient (Wildman–Crippen LogP) is 3.40. The minimum absolute atomic E-state index is 0.0701. The van der Waals surface area contributed by atoms with Gasteiger partial charge in [-0.2, -0.15) is 0 Å². The van der Waals surface area contributed by atoms with Crippen LogP contribution in [-0.2, 0) is 6.42 Å². The van der Waals surface area contributed by atoms with E-state index in [0.717, 1.165) is 21.3 Å². The number of hydrazine groups is 1. The summed E-state index contributed by atoms with van der Waals surface area (Å²) in [6.45, 7) is 0. The van der Waals surface area contributed by atoms with Crippen LogP contribution in [0.25, 0.3) is 0 Å². The molecule has 0 aliphatic carbocycles. The molecule has 0 aromatic heterocycles. The van der Waals surface area contributed by atoms with Crippen molar-refractivity contribution in [3.63, 3.8) is 0 Å². The summed E-state index contributed by atoms with van der Waals surface area (Å²) in [6, 6.07) is 12.8. The van der Waals surface area contributed by atoms with Gasteiger partial charge in [-0.3, -0.25) is 11.3 Å². The molecule has 5 heteroatoms. The van der Waals surface area contributed by atoms with E-state index in [9.17, 15) is 4.39 Å². The van der Waals surface area contributed by atoms with Crippen molar-refractivity contribution in [1.82, 2.24) is 5.43 Å². The fourth-order valence-electron chi connectivity index (χ4n) is 2.20. The van der Waals surface area contributed by atoms with E-state index >= 15 is 0 Å².